The third-order valence-corrected chi connectivity index (χ3v) is 5.44. The quantitative estimate of drug-likeness (QED) is 0.378. The third-order valence-electron chi connectivity index (χ3n) is 5.44. The van der Waals surface area contributed by atoms with E-state index in [2.05, 4.69) is 23.1 Å². The van der Waals surface area contributed by atoms with Gasteiger partial charge in [0.2, 0.25) is 0 Å². The predicted octanol–water partition coefficient (Wildman–Crippen LogP) is 5.66. The second-order valence-electron chi connectivity index (χ2n) is 7.52. The molecule has 6 heteroatoms. The van der Waals surface area contributed by atoms with Crippen LogP contribution in [0.5, 0.6) is 0 Å². The lowest BCUT2D eigenvalue weighted by Crippen LogP contribution is -2.02. The number of rotatable bonds is 7. The standard InChI is InChI=1S/C28H20N2O4/c1-17(21-7-3-5-9-23(21)27(31)32)19-11-13-29-25(15-19)26-16-20(12-14-30-26)18(2)22-8-4-6-10-24(22)28(33)34/h3-16H,1-2H2,(H,31,32)(H,33,34). The number of aromatic carboxylic acids is 2. The minimum Gasteiger partial charge on any atom is -0.478 e. The highest BCUT2D eigenvalue weighted by Crippen LogP contribution is 2.29. The molecule has 6 nitrogen and oxygen atoms in total. The molecule has 166 valence electrons. The van der Waals surface area contributed by atoms with E-state index in [1.54, 1.807) is 73.1 Å². The molecule has 0 aliphatic carbocycles. The molecule has 0 fully saturated rings. The Kier molecular flexibility index (Phi) is 6.14. The van der Waals surface area contributed by atoms with E-state index in [1.807, 2.05) is 0 Å². The van der Waals surface area contributed by atoms with E-state index >= 15 is 0 Å². The lowest BCUT2D eigenvalue weighted by Gasteiger charge is -2.12. The smallest absolute Gasteiger partial charge is 0.336 e. The second-order valence-corrected chi connectivity index (χ2v) is 7.52. The second kappa shape index (κ2) is 9.34. The van der Waals surface area contributed by atoms with E-state index in [0.717, 1.165) is 0 Å². The summed E-state index contributed by atoms with van der Waals surface area (Å²) < 4.78 is 0. The first-order valence-corrected chi connectivity index (χ1v) is 10.3. The van der Waals surface area contributed by atoms with E-state index in [4.69, 9.17) is 0 Å². The van der Waals surface area contributed by atoms with Crippen molar-refractivity contribution >= 4 is 23.1 Å². The Morgan fingerprint density at radius 1 is 0.588 bits per heavy atom. The van der Waals surface area contributed by atoms with E-state index in [1.165, 1.54) is 12.1 Å². The summed E-state index contributed by atoms with van der Waals surface area (Å²) in [5.74, 6) is -2.05. The summed E-state index contributed by atoms with van der Waals surface area (Å²) in [5.41, 5.74) is 5.02. The van der Waals surface area contributed by atoms with Gasteiger partial charge in [-0.3, -0.25) is 9.97 Å². The van der Waals surface area contributed by atoms with Crippen LogP contribution in [0.3, 0.4) is 0 Å². The number of pyridine rings is 2. The molecule has 34 heavy (non-hydrogen) atoms. The van der Waals surface area contributed by atoms with Crippen LogP contribution in [0.25, 0.3) is 22.5 Å². The Labute approximate surface area is 196 Å². The molecule has 0 saturated heterocycles. The van der Waals surface area contributed by atoms with Crippen LogP contribution >= 0.6 is 0 Å². The van der Waals surface area contributed by atoms with Gasteiger partial charge in [0.1, 0.15) is 0 Å². The highest BCUT2D eigenvalue weighted by molar-refractivity contribution is 5.97. The maximum absolute atomic E-state index is 11.6. The Morgan fingerprint density at radius 2 is 0.941 bits per heavy atom. The lowest BCUT2D eigenvalue weighted by atomic mass is 9.94. The molecule has 4 aromatic rings. The Balaban J connectivity index is 1.71. The van der Waals surface area contributed by atoms with E-state index in [-0.39, 0.29) is 11.1 Å². The van der Waals surface area contributed by atoms with Crippen LogP contribution in [0.2, 0.25) is 0 Å². The largest absolute Gasteiger partial charge is 0.478 e. The minimum absolute atomic E-state index is 0.166. The average Bonchev–Trinajstić information content (AvgIpc) is 2.88. The van der Waals surface area contributed by atoms with Gasteiger partial charge in [-0.25, -0.2) is 9.59 Å². The number of hydrogen-bond acceptors (Lipinski definition) is 4. The summed E-state index contributed by atoms with van der Waals surface area (Å²) in [6, 6.07) is 20.5. The van der Waals surface area contributed by atoms with Crippen molar-refractivity contribution in [3.05, 3.63) is 132 Å². The summed E-state index contributed by atoms with van der Waals surface area (Å²) >= 11 is 0. The van der Waals surface area contributed by atoms with Gasteiger partial charge in [-0.1, -0.05) is 49.6 Å². The SMILES string of the molecule is C=C(c1ccnc(-c2cc(C(=C)c3ccccc3C(=O)O)ccn2)c1)c1ccccc1C(=O)O. The molecule has 0 atom stereocenters. The molecule has 2 N–H and O–H groups in total. The van der Waals surface area contributed by atoms with Crippen LogP contribution in [0, 0.1) is 0 Å². The minimum atomic E-state index is -1.03. The fourth-order valence-electron chi connectivity index (χ4n) is 3.69. The molecular weight excluding hydrogens is 428 g/mol. The van der Waals surface area contributed by atoms with Crippen molar-refractivity contribution in [2.45, 2.75) is 0 Å². The molecule has 0 spiro atoms. The van der Waals surface area contributed by atoms with Crippen LogP contribution in [0.4, 0.5) is 0 Å². The van der Waals surface area contributed by atoms with Gasteiger partial charge in [0, 0.05) is 12.4 Å². The van der Waals surface area contributed by atoms with Gasteiger partial charge in [0.15, 0.2) is 0 Å². The Hall–Kier alpha value is -4.84. The zero-order valence-electron chi connectivity index (χ0n) is 18.1. The van der Waals surface area contributed by atoms with Gasteiger partial charge in [0.05, 0.1) is 22.5 Å². The van der Waals surface area contributed by atoms with Crippen molar-refractivity contribution in [2.24, 2.45) is 0 Å². The zero-order chi connectivity index (χ0) is 24.2. The first-order valence-electron chi connectivity index (χ1n) is 10.3. The van der Waals surface area contributed by atoms with Gasteiger partial charge in [-0.05, 0) is 69.8 Å². The number of hydrogen-bond donors (Lipinski definition) is 2. The number of aromatic nitrogens is 2. The van der Waals surface area contributed by atoms with Crippen LogP contribution < -0.4 is 0 Å². The molecule has 0 unspecified atom stereocenters. The van der Waals surface area contributed by atoms with Crippen molar-refractivity contribution in [3.63, 3.8) is 0 Å². The summed E-state index contributed by atoms with van der Waals surface area (Å²) in [6.07, 6.45) is 3.23. The molecule has 4 rings (SSSR count). The van der Waals surface area contributed by atoms with Gasteiger partial charge in [0.25, 0.3) is 0 Å². The van der Waals surface area contributed by atoms with Crippen molar-refractivity contribution < 1.29 is 19.8 Å². The molecule has 2 aromatic heterocycles. The van der Waals surface area contributed by atoms with Crippen molar-refractivity contribution in [1.82, 2.24) is 9.97 Å². The van der Waals surface area contributed by atoms with E-state index in [0.29, 0.717) is 44.8 Å². The number of carboxylic acids is 2. The highest BCUT2D eigenvalue weighted by Gasteiger charge is 2.16. The van der Waals surface area contributed by atoms with Gasteiger partial charge in [-0.15, -0.1) is 0 Å². The lowest BCUT2D eigenvalue weighted by molar-refractivity contribution is 0.0685. The first-order chi connectivity index (χ1) is 16.4. The predicted molar refractivity (Wildman–Crippen MR) is 131 cm³/mol. The van der Waals surface area contributed by atoms with E-state index < -0.39 is 11.9 Å². The van der Waals surface area contributed by atoms with Crippen LogP contribution in [-0.2, 0) is 0 Å². The normalized spacial score (nSPS) is 10.5. The number of benzene rings is 2. The number of carboxylic acid groups (broad SMARTS) is 2. The van der Waals surface area contributed by atoms with Crippen LogP contribution in [-0.4, -0.2) is 32.1 Å². The van der Waals surface area contributed by atoms with Gasteiger partial charge < -0.3 is 10.2 Å². The molecule has 0 aliphatic heterocycles. The van der Waals surface area contributed by atoms with Crippen LogP contribution in [0.1, 0.15) is 43.0 Å². The van der Waals surface area contributed by atoms with Crippen LogP contribution in [0.15, 0.2) is 98.3 Å². The number of nitrogens with zero attached hydrogens (tertiary/aromatic N) is 2. The molecular formula is C28H20N2O4. The van der Waals surface area contributed by atoms with Gasteiger partial charge >= 0.3 is 11.9 Å². The third kappa shape index (κ3) is 4.38. The summed E-state index contributed by atoms with van der Waals surface area (Å²) in [4.78, 5) is 32.1. The topological polar surface area (TPSA) is 100 Å². The molecule has 0 bridgehead atoms. The van der Waals surface area contributed by atoms with Crippen molar-refractivity contribution in [3.8, 4) is 11.4 Å². The molecule has 0 radical (unpaired) electrons. The Morgan fingerprint density at radius 3 is 1.29 bits per heavy atom. The Bertz CT molecular complexity index is 1350. The fraction of sp³-hybridized carbons (Fsp3) is 0. The monoisotopic (exact) mass is 448 g/mol. The maximum atomic E-state index is 11.6. The summed E-state index contributed by atoms with van der Waals surface area (Å²) in [5, 5.41) is 19.0. The fourth-order valence-corrected chi connectivity index (χ4v) is 3.69. The van der Waals surface area contributed by atoms with Crippen molar-refractivity contribution in [2.75, 3.05) is 0 Å². The number of carbonyl (C=O) groups is 2. The van der Waals surface area contributed by atoms with Gasteiger partial charge in [-0.2, -0.15) is 0 Å². The molecule has 0 aliphatic rings. The molecule has 2 aromatic carbocycles. The molecule has 0 saturated carbocycles. The summed E-state index contributed by atoms with van der Waals surface area (Å²) in [6.45, 7) is 8.21. The zero-order valence-corrected chi connectivity index (χ0v) is 18.1. The maximum Gasteiger partial charge on any atom is 0.336 e. The summed E-state index contributed by atoms with van der Waals surface area (Å²) in [7, 11) is 0. The average molecular weight is 448 g/mol. The first kappa shape index (κ1) is 22.4. The molecule has 0 amide bonds. The highest BCUT2D eigenvalue weighted by atomic mass is 16.4. The molecule has 2 heterocycles. The van der Waals surface area contributed by atoms with Crippen molar-refractivity contribution in [1.29, 1.82) is 0 Å². The van der Waals surface area contributed by atoms with E-state index in [9.17, 15) is 19.8 Å².